The van der Waals surface area contributed by atoms with Gasteiger partial charge in [0.2, 0.25) is 5.91 Å². The van der Waals surface area contributed by atoms with Crippen molar-refractivity contribution in [1.82, 2.24) is 9.88 Å². The van der Waals surface area contributed by atoms with Gasteiger partial charge in [-0.2, -0.15) is 0 Å². The molecule has 2 rings (SSSR count). The van der Waals surface area contributed by atoms with Crippen molar-refractivity contribution in [2.45, 2.75) is 18.8 Å². The molecule has 1 saturated heterocycles. The zero-order valence-electron chi connectivity index (χ0n) is 14.9. The minimum Gasteiger partial charge on any atom is -0.339 e. The lowest BCUT2D eigenvalue weighted by atomic mass is 10.1. The van der Waals surface area contributed by atoms with Crippen LogP contribution >= 0.6 is 0 Å². The third-order valence-corrected chi connectivity index (χ3v) is 1.78. The molecule has 0 radical (unpaired) electrons. The Morgan fingerprint density at radius 1 is 1.85 bits per heavy atom. The topological polar surface area (TPSA) is 33.2 Å². The molecule has 3 heteroatoms. The number of nitrogens with zero attached hydrogens (tertiary/aromatic N) is 2. The number of likely N-dealkylation sites (tertiary alicyclic amines) is 1. The average molecular weight is 184 g/mol. The van der Waals surface area contributed by atoms with Gasteiger partial charge in [-0.25, -0.2) is 0 Å². The van der Waals surface area contributed by atoms with E-state index in [1.54, 1.807) is 0 Å². The lowest BCUT2D eigenvalue weighted by molar-refractivity contribution is -0.127. The number of carbonyl (C=O) groups excluding carboxylic acids is 1. The van der Waals surface area contributed by atoms with Gasteiger partial charge in [0.1, 0.15) is 0 Å². The van der Waals surface area contributed by atoms with Gasteiger partial charge in [0, 0.05) is 31.2 Å². The summed E-state index contributed by atoms with van der Waals surface area (Å²) in [6.07, 6.45) is -6.70. The summed E-state index contributed by atoms with van der Waals surface area (Å²) in [7, 11) is 1.17. The van der Waals surface area contributed by atoms with Crippen LogP contribution in [0.1, 0.15) is 35.3 Å². The van der Waals surface area contributed by atoms with Crippen molar-refractivity contribution in [3.63, 3.8) is 0 Å². The molecule has 1 atom stereocenters. The van der Waals surface area contributed by atoms with Crippen LogP contribution in [0.5, 0.6) is 0 Å². The average Bonchev–Trinajstić information content (AvgIpc) is 2.48. The summed E-state index contributed by atoms with van der Waals surface area (Å²) in [6, 6.07) is -2.73. The van der Waals surface area contributed by atoms with Crippen LogP contribution in [-0.4, -0.2) is 22.8 Å². The van der Waals surface area contributed by atoms with Gasteiger partial charge in [0.25, 0.3) is 0 Å². The minimum atomic E-state index is -2.81. The van der Waals surface area contributed by atoms with E-state index in [0.29, 0.717) is 0 Å². The highest BCUT2D eigenvalue weighted by atomic mass is 16.2. The molecule has 0 N–H and O–H groups in total. The molecular weight excluding hydrogens is 164 g/mol. The fourth-order valence-corrected chi connectivity index (χ4v) is 1.07. The molecule has 13 heavy (non-hydrogen) atoms. The third-order valence-electron chi connectivity index (χ3n) is 1.78. The molecule has 0 saturated carbocycles. The summed E-state index contributed by atoms with van der Waals surface area (Å²) in [5, 5.41) is 0. The first-order valence-corrected chi connectivity index (χ1v) is 3.66. The Morgan fingerprint density at radius 2 is 2.69 bits per heavy atom. The van der Waals surface area contributed by atoms with Gasteiger partial charge in [-0.1, -0.05) is 6.04 Å². The molecule has 1 amide bonds. The Morgan fingerprint density at radius 3 is 3.38 bits per heavy atom. The predicted octanol–water partition coefficient (Wildman–Crippen LogP) is 1.37. The standard InChI is InChI=1S/C10H12N2O/c1-12-9(4-5-10(12)13)8-3-2-6-11-7-8/h2-3,6-7,9H,4-5H2,1H3/t9-/m0/s1/i2D,3D,4D2,5D2,6D,7D. The van der Waals surface area contributed by atoms with Crippen LogP contribution in [0.3, 0.4) is 0 Å². The Kier molecular flexibility index (Phi) is 0.751. The van der Waals surface area contributed by atoms with E-state index in [0.717, 1.165) is 4.90 Å². The fraction of sp³-hybridized carbons (Fsp3) is 0.400. The Hall–Kier alpha value is -1.38. The maximum atomic E-state index is 11.9. The fourth-order valence-electron chi connectivity index (χ4n) is 1.07. The zero-order chi connectivity index (χ0) is 16.3. The number of hydrogen-bond donors (Lipinski definition) is 0. The minimum absolute atomic E-state index is 0.363. The molecule has 1 aromatic rings. The van der Waals surface area contributed by atoms with Crippen molar-refractivity contribution >= 4 is 5.91 Å². The van der Waals surface area contributed by atoms with E-state index in [9.17, 15) is 4.79 Å². The second kappa shape index (κ2) is 3.17. The molecule has 0 bridgehead atoms. The number of carbonyl (C=O) groups is 1. The van der Waals surface area contributed by atoms with Crippen LogP contribution in [0.15, 0.2) is 24.4 Å². The third kappa shape index (κ3) is 1.41. The largest absolute Gasteiger partial charge is 0.339 e. The zero-order valence-corrected chi connectivity index (χ0v) is 6.88. The molecule has 0 spiro atoms. The summed E-state index contributed by atoms with van der Waals surface area (Å²) < 4.78 is 61.4. The van der Waals surface area contributed by atoms with Crippen molar-refractivity contribution in [2.75, 3.05) is 7.05 Å². The van der Waals surface area contributed by atoms with E-state index in [-0.39, 0.29) is 5.56 Å². The van der Waals surface area contributed by atoms with Crippen molar-refractivity contribution in [3.8, 4) is 0 Å². The summed E-state index contributed by atoms with van der Waals surface area (Å²) in [4.78, 5) is 16.1. The molecular formula is C10H12N2O. The second-order valence-corrected chi connectivity index (χ2v) is 2.59. The van der Waals surface area contributed by atoms with E-state index < -0.39 is 49.1 Å². The van der Waals surface area contributed by atoms with Crippen molar-refractivity contribution in [3.05, 3.63) is 30.0 Å². The number of aromatic nitrogens is 1. The number of hydrogen-bond acceptors (Lipinski definition) is 2. The summed E-state index contributed by atoms with van der Waals surface area (Å²) in [5.41, 5.74) is -0.363. The molecule has 1 fully saturated rings. The van der Waals surface area contributed by atoms with Crippen molar-refractivity contribution in [1.29, 1.82) is 0 Å². The van der Waals surface area contributed by atoms with E-state index >= 15 is 0 Å². The van der Waals surface area contributed by atoms with Crippen LogP contribution < -0.4 is 0 Å². The van der Waals surface area contributed by atoms with Gasteiger partial charge in [-0.05, 0) is 18.0 Å². The molecule has 0 unspecified atom stereocenters. The second-order valence-electron chi connectivity index (χ2n) is 2.59. The van der Waals surface area contributed by atoms with Gasteiger partial charge in [0.05, 0.1) is 11.5 Å². The molecule has 1 aliphatic heterocycles. The van der Waals surface area contributed by atoms with Crippen molar-refractivity contribution in [2.24, 2.45) is 0 Å². The van der Waals surface area contributed by atoms with Crippen molar-refractivity contribution < 1.29 is 15.8 Å². The Balaban J connectivity index is 2.73. The van der Waals surface area contributed by atoms with Gasteiger partial charge < -0.3 is 4.90 Å². The smallest absolute Gasteiger partial charge is 0.222 e. The molecule has 2 heterocycles. The number of amides is 1. The quantitative estimate of drug-likeness (QED) is 0.660. The summed E-state index contributed by atoms with van der Waals surface area (Å²) in [6.45, 7) is 0. The van der Waals surface area contributed by atoms with E-state index in [2.05, 4.69) is 4.98 Å². The van der Waals surface area contributed by atoms with Crippen LogP contribution in [-0.2, 0) is 4.79 Å². The van der Waals surface area contributed by atoms with Gasteiger partial charge >= 0.3 is 0 Å². The van der Waals surface area contributed by atoms with Gasteiger partial charge in [-0.3, -0.25) is 9.78 Å². The molecule has 1 aromatic heterocycles. The number of pyridine rings is 1. The van der Waals surface area contributed by atoms with Gasteiger partial charge in [-0.15, -0.1) is 0 Å². The highest BCUT2D eigenvalue weighted by Crippen LogP contribution is 2.30. The van der Waals surface area contributed by atoms with E-state index in [4.69, 9.17) is 11.0 Å². The van der Waals surface area contributed by atoms with Gasteiger partial charge in [0.15, 0.2) is 0 Å². The molecule has 68 valence electrons. The molecule has 0 aromatic carbocycles. The molecule has 0 aliphatic carbocycles. The molecule has 3 nitrogen and oxygen atoms in total. The van der Waals surface area contributed by atoms with Crippen LogP contribution in [0.25, 0.3) is 0 Å². The SMILES string of the molecule is [2H]c1nc([2H])c([C@H]2N(C)C(=O)C([2H])([2H])C2([2H])[2H])c([2H])c1[2H]. The predicted molar refractivity (Wildman–Crippen MR) is 49.0 cm³/mol. The highest BCUT2D eigenvalue weighted by Gasteiger charge is 2.28. The van der Waals surface area contributed by atoms with Crippen LogP contribution in [0.4, 0.5) is 0 Å². The Labute approximate surface area is 88.6 Å². The molecule has 1 aliphatic rings. The van der Waals surface area contributed by atoms with Crippen LogP contribution in [0, 0.1) is 0 Å². The summed E-state index contributed by atoms with van der Waals surface area (Å²) >= 11 is 0. The maximum Gasteiger partial charge on any atom is 0.222 e. The first-order valence-electron chi connectivity index (χ1n) is 7.66. The lowest BCUT2D eigenvalue weighted by Gasteiger charge is -2.19. The normalized spacial score (nSPS) is 39.0. The lowest BCUT2D eigenvalue weighted by Crippen LogP contribution is -2.22. The first-order chi connectivity index (χ1) is 9.44. The van der Waals surface area contributed by atoms with Crippen LogP contribution in [0.2, 0.25) is 0 Å². The monoisotopic (exact) mass is 184 g/mol. The Bertz CT molecular complexity index is 632. The maximum absolute atomic E-state index is 11.9. The highest BCUT2D eigenvalue weighted by molar-refractivity contribution is 5.78. The van der Waals surface area contributed by atoms with E-state index in [1.807, 2.05) is 0 Å². The summed E-state index contributed by atoms with van der Waals surface area (Å²) in [5.74, 6) is -1.10. The number of rotatable bonds is 1. The van der Waals surface area contributed by atoms with E-state index in [1.165, 1.54) is 7.05 Å². The first kappa shape index (κ1) is 3.08.